The summed E-state index contributed by atoms with van der Waals surface area (Å²) in [7, 11) is 0. The van der Waals surface area contributed by atoms with Crippen molar-refractivity contribution < 1.29 is 9.18 Å². The molecule has 2 N–H and O–H groups in total. The van der Waals surface area contributed by atoms with Crippen LogP contribution in [0.25, 0.3) is 10.3 Å². The van der Waals surface area contributed by atoms with Crippen LogP contribution in [0.1, 0.15) is 34.1 Å². The highest BCUT2D eigenvalue weighted by Crippen LogP contribution is 2.37. The molecular formula is C19H18ClFN4OS2. The zero-order chi connectivity index (χ0) is 19.0. The standard InChI is InChI=1S/C19H17FN4OS2.ClH/c1-19(4-7-26-18(21)24-19)12-8-11(2-3-13(12)20)9-15(25)16-10-14-17(27-16)23-6-5-22-14;/h2-3,5-6,8,10H,4,7,9H2,1H3,(H2,21,24);1H/t19-;/m0./s1. The van der Waals surface area contributed by atoms with Gasteiger partial charge in [0, 0.05) is 30.1 Å². The van der Waals surface area contributed by atoms with Crippen molar-refractivity contribution in [3.63, 3.8) is 0 Å². The van der Waals surface area contributed by atoms with E-state index in [1.165, 1.54) is 29.2 Å². The van der Waals surface area contributed by atoms with Gasteiger partial charge in [0.1, 0.15) is 16.2 Å². The average molecular weight is 437 g/mol. The van der Waals surface area contributed by atoms with Crippen molar-refractivity contribution in [2.75, 3.05) is 5.75 Å². The Morgan fingerprint density at radius 3 is 2.82 bits per heavy atom. The molecule has 3 heterocycles. The van der Waals surface area contributed by atoms with Gasteiger partial charge in [0.05, 0.1) is 10.4 Å². The summed E-state index contributed by atoms with van der Waals surface area (Å²) in [5.41, 5.74) is 7.10. The molecule has 0 amide bonds. The molecule has 146 valence electrons. The summed E-state index contributed by atoms with van der Waals surface area (Å²) < 4.78 is 14.5. The maximum atomic E-state index is 14.5. The molecule has 1 aromatic carbocycles. The number of nitrogens with zero attached hydrogens (tertiary/aromatic N) is 3. The molecule has 2 aromatic heterocycles. The molecular weight excluding hydrogens is 419 g/mol. The molecule has 0 saturated heterocycles. The van der Waals surface area contributed by atoms with Gasteiger partial charge in [-0.1, -0.05) is 17.8 Å². The van der Waals surface area contributed by atoms with Crippen LogP contribution in [0.15, 0.2) is 41.7 Å². The number of halogens is 2. The first kappa shape index (κ1) is 20.7. The first-order chi connectivity index (χ1) is 12.9. The normalized spacial score (nSPS) is 19.1. The van der Waals surface area contributed by atoms with Crippen LogP contribution < -0.4 is 5.73 Å². The van der Waals surface area contributed by atoms with Crippen molar-refractivity contribution in [2.24, 2.45) is 10.7 Å². The summed E-state index contributed by atoms with van der Waals surface area (Å²) in [6.45, 7) is 1.88. The third kappa shape index (κ3) is 4.04. The van der Waals surface area contributed by atoms with E-state index in [2.05, 4.69) is 15.0 Å². The minimum atomic E-state index is -0.704. The summed E-state index contributed by atoms with van der Waals surface area (Å²) in [5.74, 6) is 0.424. The number of ketones is 1. The van der Waals surface area contributed by atoms with E-state index in [0.717, 1.165) is 16.1 Å². The molecule has 28 heavy (non-hydrogen) atoms. The fourth-order valence-electron chi connectivity index (χ4n) is 3.16. The minimum absolute atomic E-state index is 0. The Morgan fingerprint density at radius 2 is 2.07 bits per heavy atom. The number of carbonyl (C=O) groups excluding carboxylic acids is 1. The maximum absolute atomic E-state index is 14.5. The molecule has 1 atom stereocenters. The lowest BCUT2D eigenvalue weighted by molar-refractivity contribution is 0.0996. The van der Waals surface area contributed by atoms with Gasteiger partial charge in [0.25, 0.3) is 0 Å². The largest absolute Gasteiger partial charge is 0.379 e. The Morgan fingerprint density at radius 1 is 1.29 bits per heavy atom. The molecule has 3 aromatic rings. The molecule has 0 radical (unpaired) electrons. The predicted molar refractivity (Wildman–Crippen MR) is 115 cm³/mol. The topological polar surface area (TPSA) is 81.2 Å². The number of thioether (sulfide) groups is 1. The van der Waals surface area contributed by atoms with E-state index in [1.807, 2.05) is 6.92 Å². The van der Waals surface area contributed by atoms with Crippen molar-refractivity contribution in [3.8, 4) is 0 Å². The van der Waals surface area contributed by atoms with Crippen LogP contribution in [0.3, 0.4) is 0 Å². The minimum Gasteiger partial charge on any atom is -0.379 e. The number of benzene rings is 1. The summed E-state index contributed by atoms with van der Waals surface area (Å²) >= 11 is 2.80. The maximum Gasteiger partial charge on any atom is 0.177 e. The zero-order valence-electron chi connectivity index (χ0n) is 15.0. The van der Waals surface area contributed by atoms with E-state index in [4.69, 9.17) is 5.73 Å². The number of aromatic nitrogens is 2. The number of hydrogen-bond acceptors (Lipinski definition) is 7. The summed E-state index contributed by atoms with van der Waals surface area (Å²) in [4.78, 5) is 26.9. The first-order valence-electron chi connectivity index (χ1n) is 8.45. The quantitative estimate of drug-likeness (QED) is 0.615. The van der Waals surface area contributed by atoms with Crippen molar-refractivity contribution in [3.05, 3.63) is 58.5 Å². The highest BCUT2D eigenvalue weighted by Gasteiger charge is 2.32. The Bertz CT molecular complexity index is 1040. The monoisotopic (exact) mass is 436 g/mol. The van der Waals surface area contributed by atoms with Crippen molar-refractivity contribution >= 4 is 56.8 Å². The van der Waals surface area contributed by atoms with Gasteiger partial charge < -0.3 is 5.73 Å². The van der Waals surface area contributed by atoms with Crippen LogP contribution in [0.4, 0.5) is 4.39 Å². The van der Waals surface area contributed by atoms with Crippen LogP contribution in [0.5, 0.6) is 0 Å². The van der Waals surface area contributed by atoms with Crippen LogP contribution >= 0.6 is 35.5 Å². The van der Waals surface area contributed by atoms with Crippen LogP contribution in [0.2, 0.25) is 0 Å². The smallest absolute Gasteiger partial charge is 0.177 e. The van der Waals surface area contributed by atoms with Crippen molar-refractivity contribution in [2.45, 2.75) is 25.3 Å². The summed E-state index contributed by atoms with van der Waals surface area (Å²) in [5, 5.41) is 0.468. The molecule has 0 spiro atoms. The molecule has 0 saturated carbocycles. The second kappa shape index (κ2) is 8.14. The molecule has 0 aliphatic carbocycles. The van der Waals surface area contributed by atoms with Crippen LogP contribution in [-0.4, -0.2) is 26.7 Å². The third-order valence-corrected chi connectivity index (χ3v) is 6.48. The molecule has 0 fully saturated rings. The lowest BCUT2D eigenvalue weighted by atomic mass is 9.87. The van der Waals surface area contributed by atoms with Gasteiger partial charge in [-0.15, -0.1) is 23.7 Å². The van der Waals surface area contributed by atoms with Crippen LogP contribution in [-0.2, 0) is 12.0 Å². The summed E-state index contributed by atoms with van der Waals surface area (Å²) in [6, 6.07) is 6.55. The molecule has 1 aliphatic heterocycles. The van der Waals surface area contributed by atoms with Crippen molar-refractivity contribution in [1.29, 1.82) is 0 Å². The number of carbonyl (C=O) groups is 1. The number of thiophene rings is 1. The van der Waals surface area contributed by atoms with Gasteiger partial charge in [0.15, 0.2) is 11.0 Å². The number of nitrogens with two attached hydrogens (primary N) is 1. The first-order valence-corrected chi connectivity index (χ1v) is 10.3. The van der Waals surface area contributed by atoms with Gasteiger partial charge in [-0.3, -0.25) is 14.8 Å². The Balaban J connectivity index is 0.00000225. The molecule has 0 bridgehead atoms. The average Bonchev–Trinajstić information content (AvgIpc) is 3.07. The Labute approximate surface area is 176 Å². The lowest BCUT2D eigenvalue weighted by Crippen LogP contribution is -2.29. The molecule has 0 unspecified atom stereocenters. The zero-order valence-corrected chi connectivity index (χ0v) is 17.5. The second-order valence-corrected chi connectivity index (χ2v) is 8.74. The Kier molecular flexibility index (Phi) is 6.02. The highest BCUT2D eigenvalue weighted by atomic mass is 35.5. The number of rotatable bonds is 4. The molecule has 4 rings (SSSR count). The highest BCUT2D eigenvalue weighted by molar-refractivity contribution is 8.13. The predicted octanol–water partition coefficient (Wildman–Crippen LogP) is 4.34. The van der Waals surface area contributed by atoms with E-state index in [9.17, 15) is 9.18 Å². The van der Waals surface area contributed by atoms with E-state index < -0.39 is 5.54 Å². The molecule has 9 heteroatoms. The number of Topliss-reactive ketones (excluding diaryl/α,β-unsaturated/α-hetero) is 1. The molecule has 5 nitrogen and oxygen atoms in total. The van der Waals surface area contributed by atoms with Gasteiger partial charge in [0.2, 0.25) is 0 Å². The fraction of sp³-hybridized carbons (Fsp3) is 0.263. The molecule has 1 aliphatic rings. The van der Waals surface area contributed by atoms with Gasteiger partial charge in [-0.2, -0.15) is 0 Å². The lowest BCUT2D eigenvalue weighted by Gasteiger charge is -2.30. The number of amidine groups is 1. The van der Waals surface area contributed by atoms with E-state index in [-0.39, 0.29) is 30.4 Å². The van der Waals surface area contributed by atoms with E-state index >= 15 is 0 Å². The van der Waals surface area contributed by atoms with E-state index in [0.29, 0.717) is 27.5 Å². The number of fused-ring (bicyclic) bond motifs is 1. The second-order valence-electron chi connectivity index (χ2n) is 6.59. The van der Waals surface area contributed by atoms with E-state index in [1.54, 1.807) is 30.6 Å². The van der Waals surface area contributed by atoms with Gasteiger partial charge in [-0.05, 0) is 37.1 Å². The Hall–Kier alpha value is -2.03. The fourth-order valence-corrected chi connectivity index (χ4v) is 5.03. The number of aliphatic imine (C=N–C) groups is 1. The summed E-state index contributed by atoms with van der Waals surface area (Å²) in [6.07, 6.45) is 4.09. The van der Waals surface area contributed by atoms with Gasteiger partial charge >= 0.3 is 0 Å². The SMILES string of the molecule is C[C@@]1(c2cc(CC(=O)c3cc4nccnc4s3)ccc2F)CCSC(N)=N1.Cl. The van der Waals surface area contributed by atoms with Gasteiger partial charge in [-0.25, -0.2) is 9.37 Å². The third-order valence-electron chi connectivity index (χ3n) is 4.61. The van der Waals surface area contributed by atoms with Crippen LogP contribution in [0, 0.1) is 5.82 Å². The number of hydrogen-bond donors (Lipinski definition) is 1. The van der Waals surface area contributed by atoms with Crippen molar-refractivity contribution in [1.82, 2.24) is 9.97 Å².